The van der Waals surface area contributed by atoms with Gasteiger partial charge in [0.1, 0.15) is 10.8 Å². The van der Waals surface area contributed by atoms with Crippen LogP contribution in [0.25, 0.3) is 11.3 Å². The van der Waals surface area contributed by atoms with Crippen LogP contribution in [-0.2, 0) is 0 Å². The van der Waals surface area contributed by atoms with Crippen molar-refractivity contribution in [2.75, 3.05) is 26.2 Å². The van der Waals surface area contributed by atoms with Crippen molar-refractivity contribution >= 4 is 11.3 Å². The van der Waals surface area contributed by atoms with Crippen molar-refractivity contribution < 1.29 is 4.39 Å². The molecule has 0 saturated carbocycles. The van der Waals surface area contributed by atoms with Crippen LogP contribution in [0.5, 0.6) is 0 Å². The molecular weight excluding hydrogens is 273 g/mol. The Hall–Kier alpha value is -1.30. The molecule has 1 saturated heterocycles. The Balaban J connectivity index is 1.77. The Bertz CT molecular complexity index is 561. The Kier molecular flexibility index (Phi) is 4.10. The van der Waals surface area contributed by atoms with Gasteiger partial charge in [-0.05, 0) is 31.2 Å². The van der Waals surface area contributed by atoms with Gasteiger partial charge in [-0.15, -0.1) is 11.3 Å². The molecule has 1 atom stereocenters. The third-order valence-electron chi connectivity index (χ3n) is 3.72. The van der Waals surface area contributed by atoms with Crippen LogP contribution < -0.4 is 5.32 Å². The zero-order valence-electron chi connectivity index (χ0n) is 11.5. The lowest BCUT2D eigenvalue weighted by Gasteiger charge is -2.31. The van der Waals surface area contributed by atoms with E-state index in [-0.39, 0.29) is 5.82 Å². The van der Waals surface area contributed by atoms with Crippen LogP contribution in [0, 0.1) is 5.82 Å². The number of thiazole rings is 1. The van der Waals surface area contributed by atoms with E-state index in [1.807, 2.05) is 0 Å². The lowest BCUT2D eigenvalue weighted by molar-refractivity contribution is 0.185. The number of hydrogen-bond donors (Lipinski definition) is 1. The molecule has 1 unspecified atom stereocenters. The van der Waals surface area contributed by atoms with Crippen molar-refractivity contribution in [1.29, 1.82) is 0 Å². The average molecular weight is 291 g/mol. The molecule has 2 aromatic rings. The number of halogens is 1. The molecule has 20 heavy (non-hydrogen) atoms. The molecule has 3 rings (SSSR count). The van der Waals surface area contributed by atoms with Crippen LogP contribution >= 0.6 is 11.3 Å². The molecule has 1 aromatic heterocycles. The highest BCUT2D eigenvalue weighted by Crippen LogP contribution is 2.28. The number of benzene rings is 1. The molecule has 5 heteroatoms. The van der Waals surface area contributed by atoms with Crippen LogP contribution in [0.15, 0.2) is 29.6 Å². The second-order valence-corrected chi connectivity index (χ2v) is 5.93. The van der Waals surface area contributed by atoms with Crippen molar-refractivity contribution in [1.82, 2.24) is 15.2 Å². The number of nitrogens with zero attached hydrogens (tertiary/aromatic N) is 2. The standard InChI is InChI=1S/C15H18FN3S/c1-11(19-8-6-17-7-9-19)15-18-14(10-20-15)12-2-4-13(16)5-3-12/h2-5,10-11,17H,6-9H2,1H3. The topological polar surface area (TPSA) is 28.2 Å². The molecule has 1 aliphatic heterocycles. The molecule has 2 heterocycles. The van der Waals surface area contributed by atoms with Crippen molar-refractivity contribution in [2.45, 2.75) is 13.0 Å². The lowest BCUT2D eigenvalue weighted by atomic mass is 10.2. The van der Waals surface area contributed by atoms with Crippen molar-refractivity contribution in [3.8, 4) is 11.3 Å². The first-order valence-electron chi connectivity index (χ1n) is 6.90. The fraction of sp³-hybridized carbons (Fsp3) is 0.400. The van der Waals surface area contributed by atoms with E-state index in [0.717, 1.165) is 42.4 Å². The maximum Gasteiger partial charge on any atom is 0.123 e. The van der Waals surface area contributed by atoms with Crippen LogP contribution in [0.2, 0.25) is 0 Å². The highest BCUT2D eigenvalue weighted by atomic mass is 32.1. The molecule has 1 aromatic carbocycles. The minimum absolute atomic E-state index is 0.210. The highest BCUT2D eigenvalue weighted by molar-refractivity contribution is 7.10. The molecule has 0 bridgehead atoms. The maximum atomic E-state index is 12.9. The molecule has 106 valence electrons. The molecular formula is C15H18FN3S. The van der Waals surface area contributed by atoms with Gasteiger partial charge in [0.25, 0.3) is 0 Å². The van der Waals surface area contributed by atoms with E-state index < -0.39 is 0 Å². The molecule has 0 spiro atoms. The molecule has 0 radical (unpaired) electrons. The summed E-state index contributed by atoms with van der Waals surface area (Å²) in [5.41, 5.74) is 1.91. The summed E-state index contributed by atoms with van der Waals surface area (Å²) < 4.78 is 12.9. The Morgan fingerprint density at radius 2 is 1.95 bits per heavy atom. The average Bonchev–Trinajstić information content (AvgIpc) is 2.98. The fourth-order valence-corrected chi connectivity index (χ4v) is 3.38. The van der Waals surface area contributed by atoms with Gasteiger partial charge < -0.3 is 5.32 Å². The smallest absolute Gasteiger partial charge is 0.123 e. The third kappa shape index (κ3) is 2.90. The Morgan fingerprint density at radius 1 is 1.25 bits per heavy atom. The second kappa shape index (κ2) is 5.99. The van der Waals surface area contributed by atoms with Crippen molar-refractivity contribution in [3.63, 3.8) is 0 Å². The van der Waals surface area contributed by atoms with Crippen LogP contribution in [0.4, 0.5) is 4.39 Å². The number of aromatic nitrogens is 1. The third-order valence-corrected chi connectivity index (χ3v) is 4.73. The summed E-state index contributed by atoms with van der Waals surface area (Å²) in [6.07, 6.45) is 0. The van der Waals surface area contributed by atoms with E-state index >= 15 is 0 Å². The van der Waals surface area contributed by atoms with Gasteiger partial charge in [0.15, 0.2) is 0 Å². The van der Waals surface area contributed by atoms with E-state index in [4.69, 9.17) is 4.98 Å². The van der Waals surface area contributed by atoms with Gasteiger partial charge in [-0.25, -0.2) is 9.37 Å². The Morgan fingerprint density at radius 3 is 2.65 bits per heavy atom. The maximum absolute atomic E-state index is 12.9. The van der Waals surface area contributed by atoms with Crippen molar-refractivity contribution in [2.24, 2.45) is 0 Å². The minimum atomic E-state index is -0.210. The second-order valence-electron chi connectivity index (χ2n) is 5.04. The number of nitrogens with one attached hydrogen (secondary N) is 1. The SMILES string of the molecule is CC(c1nc(-c2ccc(F)cc2)cs1)N1CCNCC1. The lowest BCUT2D eigenvalue weighted by Crippen LogP contribution is -2.44. The number of rotatable bonds is 3. The molecule has 1 aliphatic rings. The van der Waals surface area contributed by atoms with Crippen LogP contribution in [0.3, 0.4) is 0 Å². The monoisotopic (exact) mass is 291 g/mol. The fourth-order valence-electron chi connectivity index (χ4n) is 2.46. The first-order valence-corrected chi connectivity index (χ1v) is 7.78. The van der Waals surface area contributed by atoms with Crippen LogP contribution in [0.1, 0.15) is 18.0 Å². The van der Waals surface area contributed by atoms with E-state index in [9.17, 15) is 4.39 Å². The zero-order valence-corrected chi connectivity index (χ0v) is 12.3. The molecule has 0 aliphatic carbocycles. The van der Waals surface area contributed by atoms with E-state index in [1.165, 1.54) is 12.1 Å². The Labute approximate surface area is 122 Å². The molecule has 1 N–H and O–H groups in total. The summed E-state index contributed by atoms with van der Waals surface area (Å²) in [6, 6.07) is 6.87. The summed E-state index contributed by atoms with van der Waals surface area (Å²) in [6.45, 7) is 6.42. The number of piperazine rings is 1. The quantitative estimate of drug-likeness (QED) is 0.942. The van der Waals surface area contributed by atoms with Crippen LogP contribution in [-0.4, -0.2) is 36.1 Å². The van der Waals surface area contributed by atoms with Crippen molar-refractivity contribution in [3.05, 3.63) is 40.5 Å². The summed E-state index contributed by atoms with van der Waals surface area (Å²) >= 11 is 1.68. The van der Waals surface area contributed by atoms with E-state index in [1.54, 1.807) is 23.5 Å². The molecule has 0 amide bonds. The predicted molar refractivity (Wildman–Crippen MR) is 80.4 cm³/mol. The predicted octanol–water partition coefficient (Wildman–Crippen LogP) is 2.92. The first kappa shape index (κ1) is 13.7. The minimum Gasteiger partial charge on any atom is -0.314 e. The van der Waals surface area contributed by atoms with Gasteiger partial charge in [-0.1, -0.05) is 0 Å². The van der Waals surface area contributed by atoms with Gasteiger partial charge >= 0.3 is 0 Å². The summed E-state index contributed by atoms with van der Waals surface area (Å²) in [5.74, 6) is -0.210. The van der Waals surface area contributed by atoms with E-state index in [0.29, 0.717) is 6.04 Å². The largest absolute Gasteiger partial charge is 0.314 e. The normalized spacial score (nSPS) is 18.1. The van der Waals surface area contributed by atoms with Gasteiger partial charge in [0.05, 0.1) is 11.7 Å². The number of hydrogen-bond acceptors (Lipinski definition) is 4. The van der Waals surface area contributed by atoms with Gasteiger partial charge in [0.2, 0.25) is 0 Å². The summed E-state index contributed by atoms with van der Waals surface area (Å²) in [4.78, 5) is 7.17. The van der Waals surface area contributed by atoms with Gasteiger partial charge in [-0.3, -0.25) is 4.90 Å². The zero-order chi connectivity index (χ0) is 13.9. The summed E-state index contributed by atoms with van der Waals surface area (Å²) in [5, 5.41) is 6.55. The highest BCUT2D eigenvalue weighted by Gasteiger charge is 2.20. The van der Waals surface area contributed by atoms with E-state index in [2.05, 4.69) is 22.5 Å². The molecule has 3 nitrogen and oxygen atoms in total. The molecule has 1 fully saturated rings. The van der Waals surface area contributed by atoms with Gasteiger partial charge in [0, 0.05) is 37.1 Å². The summed E-state index contributed by atoms with van der Waals surface area (Å²) in [7, 11) is 0. The van der Waals surface area contributed by atoms with Gasteiger partial charge in [-0.2, -0.15) is 0 Å². The first-order chi connectivity index (χ1) is 9.74.